The summed E-state index contributed by atoms with van der Waals surface area (Å²) in [5, 5.41) is 3.23. The van der Waals surface area contributed by atoms with Crippen molar-refractivity contribution in [2.45, 2.75) is 13.8 Å². The lowest BCUT2D eigenvalue weighted by molar-refractivity contribution is 0.0955. The van der Waals surface area contributed by atoms with Crippen LogP contribution in [0.5, 0.6) is 0 Å². The Morgan fingerprint density at radius 3 is 2.32 bits per heavy atom. The summed E-state index contributed by atoms with van der Waals surface area (Å²) in [7, 11) is -3.49. The van der Waals surface area contributed by atoms with Gasteiger partial charge in [-0.2, -0.15) is 0 Å². The number of aryl methyl sites for hydroxylation is 2. The van der Waals surface area contributed by atoms with Crippen LogP contribution in [0.4, 0.5) is 5.69 Å². The van der Waals surface area contributed by atoms with Gasteiger partial charge in [0, 0.05) is 17.1 Å². The van der Waals surface area contributed by atoms with Gasteiger partial charge in [0.1, 0.15) is 0 Å². The second-order valence-electron chi connectivity index (χ2n) is 5.89. The van der Waals surface area contributed by atoms with Crippen molar-refractivity contribution in [3.8, 4) is 0 Å². The van der Waals surface area contributed by atoms with Gasteiger partial charge >= 0.3 is 0 Å². The Bertz CT molecular complexity index is 864. The molecule has 2 aromatic carbocycles. The Morgan fingerprint density at radius 1 is 1.12 bits per heavy atom. The summed E-state index contributed by atoms with van der Waals surface area (Å²) in [4.78, 5) is 12.1. The summed E-state index contributed by atoms with van der Waals surface area (Å²) in [6.07, 6.45) is 1.13. The van der Waals surface area contributed by atoms with Crippen LogP contribution in [0.1, 0.15) is 21.5 Å². The molecule has 1 N–H and O–H groups in total. The lowest BCUT2D eigenvalue weighted by Gasteiger charge is -2.23. The SMILES string of the molecule is Cc1ccc(C(=O)NCCN(c2ccc(C)c(Cl)c2)S(C)(=O)=O)cc1. The fraction of sp³-hybridized carbons (Fsp3) is 0.278. The van der Waals surface area contributed by atoms with Crippen molar-refractivity contribution in [1.82, 2.24) is 5.32 Å². The maximum Gasteiger partial charge on any atom is 0.251 e. The van der Waals surface area contributed by atoms with Gasteiger partial charge in [-0.15, -0.1) is 0 Å². The van der Waals surface area contributed by atoms with E-state index in [0.717, 1.165) is 17.4 Å². The number of halogens is 1. The van der Waals surface area contributed by atoms with Gasteiger partial charge in [-0.25, -0.2) is 8.42 Å². The van der Waals surface area contributed by atoms with Gasteiger partial charge in [0.25, 0.3) is 5.91 Å². The molecule has 2 aromatic rings. The Kier molecular flexibility index (Phi) is 6.08. The summed E-state index contributed by atoms with van der Waals surface area (Å²) >= 11 is 6.09. The van der Waals surface area contributed by atoms with Gasteiger partial charge < -0.3 is 5.32 Å². The second kappa shape index (κ2) is 7.89. The van der Waals surface area contributed by atoms with Gasteiger partial charge in [-0.1, -0.05) is 35.4 Å². The normalized spacial score (nSPS) is 11.2. The Balaban J connectivity index is 2.07. The third-order valence-corrected chi connectivity index (χ3v) is 5.36. The lowest BCUT2D eigenvalue weighted by atomic mass is 10.1. The van der Waals surface area contributed by atoms with E-state index >= 15 is 0 Å². The van der Waals surface area contributed by atoms with Gasteiger partial charge in [-0.05, 0) is 43.7 Å². The third-order valence-electron chi connectivity index (χ3n) is 3.76. The molecule has 0 saturated carbocycles. The topological polar surface area (TPSA) is 66.5 Å². The summed E-state index contributed by atoms with van der Waals surface area (Å²) in [5.41, 5.74) is 2.94. The van der Waals surface area contributed by atoms with Crippen molar-refractivity contribution in [2.24, 2.45) is 0 Å². The zero-order valence-electron chi connectivity index (χ0n) is 14.4. The molecule has 2 rings (SSSR count). The highest BCUT2D eigenvalue weighted by atomic mass is 35.5. The van der Waals surface area contributed by atoms with Crippen LogP contribution in [0.3, 0.4) is 0 Å². The van der Waals surface area contributed by atoms with Gasteiger partial charge in [0.15, 0.2) is 0 Å². The second-order valence-corrected chi connectivity index (χ2v) is 8.20. The van der Waals surface area contributed by atoms with E-state index in [0.29, 0.717) is 16.3 Å². The first-order valence-electron chi connectivity index (χ1n) is 7.77. The van der Waals surface area contributed by atoms with Crippen LogP contribution < -0.4 is 9.62 Å². The predicted molar refractivity (Wildman–Crippen MR) is 102 cm³/mol. The van der Waals surface area contributed by atoms with Gasteiger partial charge in [0.2, 0.25) is 10.0 Å². The van der Waals surface area contributed by atoms with Crippen LogP contribution in [0.25, 0.3) is 0 Å². The summed E-state index contributed by atoms with van der Waals surface area (Å²) in [6.45, 7) is 4.10. The molecule has 0 aliphatic carbocycles. The van der Waals surface area contributed by atoms with Crippen LogP contribution >= 0.6 is 11.6 Å². The molecule has 0 aliphatic heterocycles. The quantitative estimate of drug-likeness (QED) is 0.837. The molecule has 0 heterocycles. The minimum Gasteiger partial charge on any atom is -0.350 e. The molecule has 0 fully saturated rings. The molecule has 25 heavy (non-hydrogen) atoms. The molecule has 5 nitrogen and oxygen atoms in total. The molecular formula is C18H21ClN2O3S. The largest absolute Gasteiger partial charge is 0.350 e. The third kappa shape index (κ3) is 5.21. The fourth-order valence-corrected chi connectivity index (χ4v) is 3.40. The highest BCUT2D eigenvalue weighted by molar-refractivity contribution is 7.92. The summed E-state index contributed by atoms with van der Waals surface area (Å²) in [5.74, 6) is -0.240. The summed E-state index contributed by atoms with van der Waals surface area (Å²) < 4.78 is 25.4. The first-order chi connectivity index (χ1) is 11.7. The molecule has 0 atom stereocenters. The molecule has 1 amide bonds. The van der Waals surface area contributed by atoms with Crippen molar-refractivity contribution in [3.05, 3.63) is 64.2 Å². The van der Waals surface area contributed by atoms with Crippen LogP contribution in [-0.2, 0) is 10.0 Å². The molecule has 0 aliphatic rings. The van der Waals surface area contributed by atoms with E-state index in [4.69, 9.17) is 11.6 Å². The number of nitrogens with one attached hydrogen (secondary N) is 1. The van der Waals surface area contributed by atoms with E-state index in [2.05, 4.69) is 5.32 Å². The standard InChI is InChI=1S/C18H21ClN2O3S/c1-13-4-7-15(8-5-13)18(22)20-10-11-21(25(3,23)24)16-9-6-14(2)17(19)12-16/h4-9,12H,10-11H2,1-3H3,(H,20,22). The smallest absolute Gasteiger partial charge is 0.251 e. The number of rotatable bonds is 6. The monoisotopic (exact) mass is 380 g/mol. The number of sulfonamides is 1. The highest BCUT2D eigenvalue weighted by Crippen LogP contribution is 2.24. The zero-order valence-corrected chi connectivity index (χ0v) is 16.0. The van der Waals surface area contributed by atoms with E-state index in [1.165, 1.54) is 4.31 Å². The molecular weight excluding hydrogens is 360 g/mol. The molecule has 0 bridgehead atoms. The van der Waals surface area contributed by atoms with E-state index in [9.17, 15) is 13.2 Å². The maximum absolute atomic E-state index is 12.1. The van der Waals surface area contributed by atoms with Crippen molar-refractivity contribution < 1.29 is 13.2 Å². The molecule has 0 aromatic heterocycles. The first kappa shape index (κ1) is 19.3. The zero-order chi connectivity index (χ0) is 18.6. The minimum absolute atomic E-state index is 0.121. The van der Waals surface area contributed by atoms with Crippen LogP contribution in [-0.4, -0.2) is 33.7 Å². The number of benzene rings is 2. The molecule has 0 unspecified atom stereocenters. The maximum atomic E-state index is 12.1. The van der Waals surface area contributed by atoms with Crippen LogP contribution in [0.2, 0.25) is 5.02 Å². The first-order valence-corrected chi connectivity index (χ1v) is 10.00. The minimum atomic E-state index is -3.49. The Labute approximate surface area is 153 Å². The predicted octanol–water partition coefficient (Wildman–Crippen LogP) is 3.15. The molecule has 0 radical (unpaired) electrons. The van der Waals surface area contributed by atoms with Crippen LogP contribution in [0.15, 0.2) is 42.5 Å². The van der Waals surface area contributed by atoms with Gasteiger partial charge in [0.05, 0.1) is 18.5 Å². The number of amides is 1. The van der Waals surface area contributed by atoms with Crippen molar-refractivity contribution in [2.75, 3.05) is 23.7 Å². The molecule has 0 spiro atoms. The van der Waals surface area contributed by atoms with E-state index in [1.807, 2.05) is 26.0 Å². The Morgan fingerprint density at radius 2 is 1.76 bits per heavy atom. The van der Waals surface area contributed by atoms with E-state index in [-0.39, 0.29) is 19.0 Å². The number of hydrogen-bond acceptors (Lipinski definition) is 3. The van der Waals surface area contributed by atoms with Gasteiger partial charge in [-0.3, -0.25) is 9.10 Å². The lowest BCUT2D eigenvalue weighted by Crippen LogP contribution is -2.38. The average molecular weight is 381 g/mol. The molecule has 0 saturated heterocycles. The average Bonchev–Trinajstić information content (AvgIpc) is 2.53. The van der Waals surface area contributed by atoms with E-state index < -0.39 is 10.0 Å². The number of carbonyl (C=O) groups excluding carboxylic acids is 1. The number of carbonyl (C=O) groups is 1. The summed E-state index contributed by atoms with van der Waals surface area (Å²) in [6, 6.07) is 12.3. The fourth-order valence-electron chi connectivity index (χ4n) is 2.30. The number of hydrogen-bond donors (Lipinski definition) is 1. The van der Waals surface area contributed by atoms with Crippen molar-refractivity contribution in [3.63, 3.8) is 0 Å². The van der Waals surface area contributed by atoms with Crippen molar-refractivity contribution >= 4 is 33.2 Å². The highest BCUT2D eigenvalue weighted by Gasteiger charge is 2.18. The van der Waals surface area contributed by atoms with Crippen molar-refractivity contribution in [1.29, 1.82) is 0 Å². The molecule has 7 heteroatoms. The number of nitrogens with zero attached hydrogens (tertiary/aromatic N) is 1. The number of anilines is 1. The molecule has 134 valence electrons. The van der Waals surface area contributed by atoms with E-state index in [1.54, 1.807) is 30.3 Å². The van der Waals surface area contributed by atoms with Crippen LogP contribution in [0, 0.1) is 13.8 Å². The Hall–Kier alpha value is -2.05.